The van der Waals surface area contributed by atoms with E-state index in [1.807, 2.05) is 0 Å². The van der Waals surface area contributed by atoms with Crippen LogP contribution in [0.5, 0.6) is 0 Å². The van der Waals surface area contributed by atoms with E-state index in [2.05, 4.69) is 75.6 Å². The zero-order valence-corrected chi connectivity index (χ0v) is 14.4. The van der Waals surface area contributed by atoms with Gasteiger partial charge >= 0.3 is 0 Å². The van der Waals surface area contributed by atoms with Gasteiger partial charge in [-0.2, -0.15) is 0 Å². The lowest BCUT2D eigenvalue weighted by molar-refractivity contribution is 0.343. The summed E-state index contributed by atoms with van der Waals surface area (Å²) in [5, 5.41) is 3.43. The summed E-state index contributed by atoms with van der Waals surface area (Å²) >= 11 is 0. The number of fused-ring (bicyclic) bond motifs is 1. The summed E-state index contributed by atoms with van der Waals surface area (Å²) in [5.41, 5.74) is 5.42. The minimum Gasteiger partial charge on any atom is -0.369 e. The van der Waals surface area contributed by atoms with Crippen LogP contribution in [0.4, 0.5) is 17.1 Å². The van der Waals surface area contributed by atoms with Crippen LogP contribution in [0, 0.1) is 0 Å². The fraction of sp³-hybridized carbons (Fsp3) is 0.400. The lowest BCUT2D eigenvalue weighted by Gasteiger charge is -2.31. The average Bonchev–Trinajstić information content (AvgIpc) is 2.80. The molecule has 0 amide bonds. The first-order valence-electron chi connectivity index (χ1n) is 8.91. The van der Waals surface area contributed by atoms with Crippen molar-refractivity contribution >= 4 is 17.1 Å². The Morgan fingerprint density at radius 1 is 0.833 bits per heavy atom. The number of nitrogens with one attached hydrogen (secondary N) is 1. The molecular weight excluding hydrogens is 296 g/mol. The Balaban J connectivity index is 1.70. The molecule has 0 aliphatic carbocycles. The highest BCUT2D eigenvalue weighted by atomic mass is 15.2. The van der Waals surface area contributed by atoms with Gasteiger partial charge in [-0.05, 0) is 42.9 Å². The zero-order valence-electron chi connectivity index (χ0n) is 14.4. The van der Waals surface area contributed by atoms with E-state index in [0.29, 0.717) is 0 Å². The molecule has 1 fully saturated rings. The van der Waals surface area contributed by atoms with Gasteiger partial charge < -0.3 is 20.0 Å². The van der Waals surface area contributed by atoms with Crippen molar-refractivity contribution in [2.45, 2.75) is 6.54 Å². The minimum absolute atomic E-state index is 1.01. The molecule has 0 aromatic heterocycles. The quantitative estimate of drug-likeness (QED) is 0.917. The standard InChI is InChI=1S/C20H26N4/c1-22-13-14-24(18-5-3-2-4-6-18)20-8-7-19(15-17(20)16-22)23-11-9-21-10-12-23/h2-8,15,21H,9-14,16H2,1H3. The third-order valence-electron chi connectivity index (χ3n) is 5.05. The molecule has 24 heavy (non-hydrogen) atoms. The largest absolute Gasteiger partial charge is 0.369 e. The van der Waals surface area contributed by atoms with E-state index in [0.717, 1.165) is 45.8 Å². The van der Waals surface area contributed by atoms with Gasteiger partial charge in [0.1, 0.15) is 0 Å². The molecule has 2 heterocycles. The van der Waals surface area contributed by atoms with Crippen LogP contribution in [-0.2, 0) is 6.54 Å². The summed E-state index contributed by atoms with van der Waals surface area (Å²) in [6, 6.07) is 17.8. The van der Waals surface area contributed by atoms with Crippen molar-refractivity contribution in [2.75, 3.05) is 56.1 Å². The van der Waals surface area contributed by atoms with Crippen LogP contribution in [0.15, 0.2) is 48.5 Å². The lowest BCUT2D eigenvalue weighted by Crippen LogP contribution is -2.43. The van der Waals surface area contributed by atoms with Gasteiger partial charge in [-0.1, -0.05) is 18.2 Å². The molecule has 1 N–H and O–H groups in total. The summed E-state index contributed by atoms with van der Waals surface area (Å²) in [6.45, 7) is 7.46. The maximum absolute atomic E-state index is 3.43. The Morgan fingerprint density at radius 2 is 1.62 bits per heavy atom. The van der Waals surface area contributed by atoms with Crippen molar-refractivity contribution in [1.29, 1.82) is 0 Å². The Bertz CT molecular complexity index is 679. The first-order chi connectivity index (χ1) is 11.8. The minimum atomic E-state index is 1.01. The Labute approximate surface area is 144 Å². The van der Waals surface area contributed by atoms with Gasteiger partial charge in [0.25, 0.3) is 0 Å². The van der Waals surface area contributed by atoms with E-state index in [1.165, 1.54) is 22.6 Å². The van der Waals surface area contributed by atoms with Gasteiger partial charge in [0.05, 0.1) is 0 Å². The van der Waals surface area contributed by atoms with Gasteiger partial charge in [-0.25, -0.2) is 0 Å². The highest BCUT2D eigenvalue weighted by Gasteiger charge is 2.21. The highest BCUT2D eigenvalue weighted by molar-refractivity contribution is 5.70. The Hall–Kier alpha value is -2.04. The first kappa shape index (κ1) is 15.5. The van der Waals surface area contributed by atoms with Crippen LogP contribution >= 0.6 is 0 Å². The van der Waals surface area contributed by atoms with Crippen LogP contribution in [0.3, 0.4) is 0 Å². The van der Waals surface area contributed by atoms with Crippen LogP contribution in [0.25, 0.3) is 0 Å². The predicted octanol–water partition coefficient (Wildman–Crippen LogP) is 2.68. The van der Waals surface area contributed by atoms with Crippen LogP contribution in [-0.4, -0.2) is 51.2 Å². The van der Waals surface area contributed by atoms with Crippen LogP contribution in [0.1, 0.15) is 5.56 Å². The predicted molar refractivity (Wildman–Crippen MR) is 101 cm³/mol. The molecule has 0 bridgehead atoms. The molecule has 2 aromatic rings. The molecule has 4 heteroatoms. The van der Waals surface area contributed by atoms with Gasteiger partial charge in [-0.3, -0.25) is 0 Å². The fourth-order valence-electron chi connectivity index (χ4n) is 3.72. The van der Waals surface area contributed by atoms with Gasteiger partial charge in [0.15, 0.2) is 0 Å². The summed E-state index contributed by atoms with van der Waals surface area (Å²) in [6.07, 6.45) is 0. The normalized spacial score (nSPS) is 19.0. The molecule has 126 valence electrons. The SMILES string of the molecule is CN1CCN(c2ccccc2)c2ccc(N3CCNCC3)cc2C1. The number of likely N-dealkylation sites (N-methyl/N-ethyl adjacent to an activating group) is 1. The molecular formula is C20H26N4. The second-order valence-corrected chi connectivity index (χ2v) is 6.78. The number of piperazine rings is 1. The molecule has 0 spiro atoms. The third kappa shape index (κ3) is 3.12. The average molecular weight is 322 g/mol. The van der Waals surface area contributed by atoms with E-state index in [4.69, 9.17) is 0 Å². The number of hydrogen-bond donors (Lipinski definition) is 1. The molecule has 2 aromatic carbocycles. The molecule has 0 saturated carbocycles. The van der Waals surface area contributed by atoms with E-state index in [-0.39, 0.29) is 0 Å². The van der Waals surface area contributed by atoms with E-state index in [9.17, 15) is 0 Å². The molecule has 2 aliphatic heterocycles. The molecule has 0 unspecified atom stereocenters. The number of benzene rings is 2. The molecule has 1 saturated heterocycles. The number of nitrogens with zero attached hydrogens (tertiary/aromatic N) is 3. The zero-order chi connectivity index (χ0) is 16.4. The highest BCUT2D eigenvalue weighted by Crippen LogP contribution is 2.34. The second-order valence-electron chi connectivity index (χ2n) is 6.78. The second kappa shape index (κ2) is 6.83. The summed E-state index contributed by atoms with van der Waals surface area (Å²) < 4.78 is 0. The lowest BCUT2D eigenvalue weighted by atomic mass is 10.1. The number of para-hydroxylation sites is 1. The summed E-state index contributed by atoms with van der Waals surface area (Å²) in [7, 11) is 2.22. The van der Waals surface area contributed by atoms with Crippen molar-refractivity contribution in [3.05, 3.63) is 54.1 Å². The smallest absolute Gasteiger partial charge is 0.0458 e. The van der Waals surface area contributed by atoms with Crippen LogP contribution < -0.4 is 15.1 Å². The molecule has 0 radical (unpaired) electrons. The first-order valence-corrected chi connectivity index (χ1v) is 8.91. The van der Waals surface area contributed by atoms with E-state index < -0.39 is 0 Å². The number of rotatable bonds is 2. The van der Waals surface area contributed by atoms with Crippen molar-refractivity contribution < 1.29 is 0 Å². The van der Waals surface area contributed by atoms with Gasteiger partial charge in [0.2, 0.25) is 0 Å². The van der Waals surface area contributed by atoms with E-state index >= 15 is 0 Å². The monoisotopic (exact) mass is 322 g/mol. The van der Waals surface area contributed by atoms with Crippen molar-refractivity contribution in [3.63, 3.8) is 0 Å². The number of hydrogen-bond acceptors (Lipinski definition) is 4. The molecule has 2 aliphatic rings. The summed E-state index contributed by atoms with van der Waals surface area (Å²) in [5.74, 6) is 0. The fourth-order valence-corrected chi connectivity index (χ4v) is 3.72. The van der Waals surface area contributed by atoms with Gasteiger partial charge in [0, 0.05) is 62.9 Å². The van der Waals surface area contributed by atoms with Crippen molar-refractivity contribution in [2.24, 2.45) is 0 Å². The third-order valence-corrected chi connectivity index (χ3v) is 5.05. The maximum atomic E-state index is 3.43. The topological polar surface area (TPSA) is 21.8 Å². The maximum Gasteiger partial charge on any atom is 0.0458 e. The summed E-state index contributed by atoms with van der Waals surface area (Å²) in [4.78, 5) is 7.37. The van der Waals surface area contributed by atoms with Crippen molar-refractivity contribution in [1.82, 2.24) is 10.2 Å². The Kier molecular flexibility index (Phi) is 4.41. The Morgan fingerprint density at radius 3 is 2.42 bits per heavy atom. The molecule has 4 nitrogen and oxygen atoms in total. The van der Waals surface area contributed by atoms with Crippen LogP contribution in [0.2, 0.25) is 0 Å². The van der Waals surface area contributed by atoms with Gasteiger partial charge in [-0.15, -0.1) is 0 Å². The van der Waals surface area contributed by atoms with E-state index in [1.54, 1.807) is 0 Å². The molecule has 0 atom stereocenters. The van der Waals surface area contributed by atoms with Crippen molar-refractivity contribution in [3.8, 4) is 0 Å². The molecule has 4 rings (SSSR count). The number of anilines is 3.